The third kappa shape index (κ3) is 5.38. The molecule has 0 aliphatic carbocycles. The van der Waals surface area contributed by atoms with E-state index >= 15 is 0 Å². The maximum Gasteiger partial charge on any atom is 0.317 e. The molecule has 112 valence electrons. The molecule has 0 bridgehead atoms. The van der Waals surface area contributed by atoms with Crippen LogP contribution in [0.1, 0.15) is 6.42 Å². The molecule has 0 amide bonds. The van der Waals surface area contributed by atoms with Gasteiger partial charge in [0.2, 0.25) is 0 Å². The first kappa shape index (κ1) is 15.8. The van der Waals surface area contributed by atoms with Gasteiger partial charge >= 0.3 is 25.7 Å². The first-order valence-corrected chi connectivity index (χ1v) is 15.2. The number of ether oxygens (including phenoxy) is 2. The minimum atomic E-state index is -2.08. The van der Waals surface area contributed by atoms with E-state index in [1.807, 2.05) is 0 Å². The molecule has 0 saturated carbocycles. The maximum absolute atomic E-state index is 6.22. The fourth-order valence-electron chi connectivity index (χ4n) is 2.67. The van der Waals surface area contributed by atoms with Gasteiger partial charge in [-0.2, -0.15) is 0 Å². The average molecular weight is 323 g/mol. The fourth-order valence-corrected chi connectivity index (χ4v) is 19.0. The summed E-state index contributed by atoms with van der Waals surface area (Å²) in [5.41, 5.74) is 0. The Morgan fingerprint density at radius 2 is 1.58 bits per heavy atom. The summed E-state index contributed by atoms with van der Waals surface area (Å²) in [4.78, 5) is 0. The highest BCUT2D eigenvalue weighted by molar-refractivity contribution is 6.92. The van der Waals surface area contributed by atoms with Crippen molar-refractivity contribution in [2.75, 3.05) is 19.8 Å². The molecule has 8 heteroatoms. The highest BCUT2D eigenvalue weighted by Gasteiger charge is 2.52. The SMILES string of the molecule is C[Si]1(C)O[Si](C)(C)O[Si](C)(CCCOCC2CO2)O1. The molecule has 0 N–H and O–H groups in total. The van der Waals surface area contributed by atoms with Gasteiger partial charge in [0, 0.05) is 6.61 Å². The van der Waals surface area contributed by atoms with Crippen molar-refractivity contribution >= 4 is 25.7 Å². The quantitative estimate of drug-likeness (QED) is 0.427. The minimum absolute atomic E-state index is 0.348. The van der Waals surface area contributed by atoms with Gasteiger partial charge in [-0.05, 0) is 45.2 Å². The van der Waals surface area contributed by atoms with Crippen LogP contribution in [0.15, 0.2) is 0 Å². The largest absolute Gasteiger partial charge is 0.416 e. The van der Waals surface area contributed by atoms with Crippen molar-refractivity contribution in [2.45, 2.75) is 51.3 Å². The van der Waals surface area contributed by atoms with Crippen molar-refractivity contribution in [3.05, 3.63) is 0 Å². The van der Waals surface area contributed by atoms with Gasteiger partial charge in [0.1, 0.15) is 6.10 Å². The summed E-state index contributed by atoms with van der Waals surface area (Å²) < 4.78 is 29.2. The standard InChI is InChI=1S/C11H26O5Si3/c1-17(2)14-18(3,4)16-19(5,15-17)8-6-7-12-9-11-10-13-11/h11H,6-10H2,1-5H3. The third-order valence-corrected chi connectivity index (χ3v) is 15.6. The average Bonchev–Trinajstić information content (AvgIpc) is 2.94. The van der Waals surface area contributed by atoms with Crippen LogP contribution in [0.25, 0.3) is 0 Å². The van der Waals surface area contributed by atoms with E-state index in [9.17, 15) is 0 Å². The molecule has 0 aromatic heterocycles. The van der Waals surface area contributed by atoms with Crippen molar-refractivity contribution in [1.29, 1.82) is 0 Å². The summed E-state index contributed by atoms with van der Waals surface area (Å²) in [5, 5.41) is 0. The van der Waals surface area contributed by atoms with Crippen molar-refractivity contribution in [3.63, 3.8) is 0 Å². The molecule has 2 aliphatic rings. The smallest absolute Gasteiger partial charge is 0.317 e. The van der Waals surface area contributed by atoms with E-state index in [0.29, 0.717) is 6.10 Å². The second-order valence-corrected chi connectivity index (χ2v) is 17.2. The van der Waals surface area contributed by atoms with E-state index in [-0.39, 0.29) is 0 Å². The van der Waals surface area contributed by atoms with Crippen LogP contribution in [-0.4, -0.2) is 51.6 Å². The van der Waals surface area contributed by atoms with Gasteiger partial charge in [-0.15, -0.1) is 0 Å². The van der Waals surface area contributed by atoms with Crippen LogP contribution >= 0.6 is 0 Å². The second kappa shape index (κ2) is 5.68. The van der Waals surface area contributed by atoms with Crippen LogP contribution in [0.4, 0.5) is 0 Å². The van der Waals surface area contributed by atoms with Crippen LogP contribution in [0.2, 0.25) is 38.8 Å². The van der Waals surface area contributed by atoms with Gasteiger partial charge in [0.05, 0.1) is 13.2 Å². The Bertz CT molecular complexity index is 303. The molecular formula is C11H26O5Si3. The zero-order valence-corrected chi connectivity index (χ0v) is 15.7. The molecule has 0 spiro atoms. The molecule has 19 heavy (non-hydrogen) atoms. The Labute approximate surface area is 119 Å². The Balaban J connectivity index is 1.75. The number of hydrogen-bond donors (Lipinski definition) is 0. The van der Waals surface area contributed by atoms with Crippen LogP contribution in [0.3, 0.4) is 0 Å². The molecule has 2 aliphatic heterocycles. The molecule has 0 aromatic rings. The van der Waals surface area contributed by atoms with Crippen LogP contribution in [0, 0.1) is 0 Å². The Hall–Kier alpha value is 0.451. The van der Waals surface area contributed by atoms with E-state index in [1.54, 1.807) is 0 Å². The highest BCUT2D eigenvalue weighted by Crippen LogP contribution is 2.33. The first-order valence-electron chi connectivity index (χ1n) is 7.00. The number of rotatable bonds is 6. The van der Waals surface area contributed by atoms with Crippen molar-refractivity contribution in [3.8, 4) is 0 Å². The molecule has 2 rings (SSSR count). The molecule has 2 heterocycles. The van der Waals surface area contributed by atoms with Crippen molar-refractivity contribution in [2.24, 2.45) is 0 Å². The van der Waals surface area contributed by atoms with Crippen molar-refractivity contribution < 1.29 is 21.8 Å². The molecule has 1 atom stereocenters. The first-order chi connectivity index (χ1) is 8.70. The Kier molecular flexibility index (Phi) is 4.73. The zero-order valence-electron chi connectivity index (χ0n) is 12.7. The molecule has 0 aromatic carbocycles. The monoisotopic (exact) mass is 322 g/mol. The zero-order chi connectivity index (χ0) is 14.1. The number of hydrogen-bond acceptors (Lipinski definition) is 5. The van der Waals surface area contributed by atoms with Gasteiger partial charge in [0.25, 0.3) is 0 Å². The third-order valence-electron chi connectivity index (χ3n) is 3.04. The second-order valence-electron chi connectivity index (χ2n) is 6.37. The number of epoxide rings is 1. The molecule has 0 radical (unpaired) electrons. The summed E-state index contributed by atoms with van der Waals surface area (Å²) in [5.74, 6) is 0. The Morgan fingerprint density at radius 1 is 1.00 bits per heavy atom. The van der Waals surface area contributed by atoms with Gasteiger partial charge in [0.15, 0.2) is 0 Å². The van der Waals surface area contributed by atoms with Gasteiger partial charge in [-0.25, -0.2) is 0 Å². The molecule has 2 fully saturated rings. The molecule has 1 unspecified atom stereocenters. The van der Waals surface area contributed by atoms with Crippen molar-refractivity contribution in [1.82, 2.24) is 0 Å². The van der Waals surface area contributed by atoms with E-state index in [1.165, 1.54) is 0 Å². The summed E-state index contributed by atoms with van der Waals surface area (Å²) in [6.07, 6.45) is 1.34. The fraction of sp³-hybridized carbons (Fsp3) is 1.00. The lowest BCUT2D eigenvalue weighted by atomic mass is 10.5. The lowest BCUT2D eigenvalue weighted by Crippen LogP contribution is -2.65. The van der Waals surface area contributed by atoms with Gasteiger partial charge in [-0.1, -0.05) is 0 Å². The maximum atomic E-state index is 6.22. The van der Waals surface area contributed by atoms with E-state index in [0.717, 1.165) is 32.3 Å². The molecule has 2 saturated heterocycles. The highest BCUT2D eigenvalue weighted by atomic mass is 28.5. The minimum Gasteiger partial charge on any atom is -0.416 e. The topological polar surface area (TPSA) is 49.5 Å². The normalized spacial score (nSPS) is 31.1. The predicted octanol–water partition coefficient (Wildman–Crippen LogP) is 2.33. The van der Waals surface area contributed by atoms with Crippen LogP contribution < -0.4 is 0 Å². The molecule has 5 nitrogen and oxygen atoms in total. The summed E-state index contributed by atoms with van der Waals surface area (Å²) in [7, 11) is -6.08. The van der Waals surface area contributed by atoms with E-state index in [2.05, 4.69) is 32.7 Å². The van der Waals surface area contributed by atoms with Gasteiger partial charge in [-0.3, -0.25) is 0 Å². The predicted molar refractivity (Wildman–Crippen MR) is 79.8 cm³/mol. The summed E-state index contributed by atoms with van der Waals surface area (Å²) in [6, 6.07) is 0.981. The van der Waals surface area contributed by atoms with E-state index < -0.39 is 25.7 Å². The Morgan fingerprint density at radius 3 is 2.11 bits per heavy atom. The van der Waals surface area contributed by atoms with Crippen LogP contribution in [-0.2, 0) is 21.8 Å². The lowest BCUT2D eigenvalue weighted by Gasteiger charge is -2.48. The van der Waals surface area contributed by atoms with Crippen LogP contribution in [0.5, 0.6) is 0 Å². The lowest BCUT2D eigenvalue weighted by molar-refractivity contribution is 0.115. The van der Waals surface area contributed by atoms with E-state index in [4.69, 9.17) is 21.8 Å². The molecular weight excluding hydrogens is 296 g/mol. The van der Waals surface area contributed by atoms with Gasteiger partial charge < -0.3 is 21.8 Å². The summed E-state index contributed by atoms with van der Waals surface area (Å²) in [6.45, 7) is 13.0. The summed E-state index contributed by atoms with van der Waals surface area (Å²) >= 11 is 0.